The van der Waals surface area contributed by atoms with Crippen LogP contribution in [-0.4, -0.2) is 6.54 Å². The van der Waals surface area contributed by atoms with Gasteiger partial charge in [-0.25, -0.2) is 13.2 Å². The number of rotatable bonds is 6. The molecule has 1 saturated carbocycles. The molecule has 0 unspecified atom stereocenters. The Kier molecular flexibility index (Phi) is 4.05. The van der Waals surface area contributed by atoms with Crippen LogP contribution in [0.2, 0.25) is 0 Å². The second-order valence-electron chi connectivity index (χ2n) is 4.62. The molecule has 1 aliphatic rings. The molecule has 17 heavy (non-hydrogen) atoms. The molecule has 4 heteroatoms. The fourth-order valence-corrected chi connectivity index (χ4v) is 1.84. The van der Waals surface area contributed by atoms with E-state index in [1.807, 2.05) is 0 Å². The normalized spacial score (nSPS) is 15.2. The molecule has 0 atom stereocenters. The van der Waals surface area contributed by atoms with Crippen molar-refractivity contribution in [1.82, 2.24) is 5.32 Å². The van der Waals surface area contributed by atoms with Crippen molar-refractivity contribution in [2.75, 3.05) is 6.54 Å². The first-order valence-corrected chi connectivity index (χ1v) is 6.01. The number of hydrogen-bond donors (Lipinski definition) is 1. The lowest BCUT2D eigenvalue weighted by Gasteiger charge is -2.06. The van der Waals surface area contributed by atoms with Crippen LogP contribution in [0.1, 0.15) is 31.2 Å². The predicted molar refractivity (Wildman–Crippen MR) is 60.0 cm³/mol. The van der Waals surface area contributed by atoms with Gasteiger partial charge in [-0.1, -0.05) is 12.8 Å². The first kappa shape index (κ1) is 12.4. The van der Waals surface area contributed by atoms with E-state index in [2.05, 4.69) is 5.32 Å². The molecule has 0 amide bonds. The summed E-state index contributed by atoms with van der Waals surface area (Å²) in [5.41, 5.74) is 0.176. The number of benzene rings is 1. The molecule has 0 bridgehead atoms. The third-order valence-corrected chi connectivity index (χ3v) is 3.07. The number of nitrogens with one attached hydrogen (secondary N) is 1. The van der Waals surface area contributed by atoms with E-state index in [4.69, 9.17) is 0 Å². The average molecular weight is 243 g/mol. The molecule has 0 aromatic heterocycles. The molecule has 1 aromatic carbocycles. The molecule has 0 aliphatic heterocycles. The zero-order valence-corrected chi connectivity index (χ0v) is 9.61. The van der Waals surface area contributed by atoms with Crippen LogP contribution >= 0.6 is 0 Å². The topological polar surface area (TPSA) is 12.0 Å². The summed E-state index contributed by atoms with van der Waals surface area (Å²) < 4.78 is 38.8. The van der Waals surface area contributed by atoms with Gasteiger partial charge >= 0.3 is 0 Å². The molecule has 0 spiro atoms. The molecular weight excluding hydrogens is 227 g/mol. The van der Waals surface area contributed by atoms with Gasteiger partial charge in [0.2, 0.25) is 0 Å². The largest absolute Gasteiger partial charge is 0.313 e. The molecule has 1 aromatic rings. The van der Waals surface area contributed by atoms with Crippen LogP contribution in [0.4, 0.5) is 13.2 Å². The van der Waals surface area contributed by atoms with Crippen molar-refractivity contribution in [3.8, 4) is 0 Å². The van der Waals surface area contributed by atoms with Gasteiger partial charge in [0.15, 0.2) is 11.6 Å². The Labute approximate surface area is 99.0 Å². The van der Waals surface area contributed by atoms with E-state index >= 15 is 0 Å². The highest BCUT2D eigenvalue weighted by molar-refractivity contribution is 5.19. The fourth-order valence-electron chi connectivity index (χ4n) is 1.84. The highest BCUT2D eigenvalue weighted by atomic mass is 19.2. The minimum Gasteiger partial charge on any atom is -0.313 e. The Balaban J connectivity index is 1.75. The van der Waals surface area contributed by atoms with Crippen LogP contribution in [-0.2, 0) is 6.54 Å². The zero-order valence-electron chi connectivity index (χ0n) is 9.61. The van der Waals surface area contributed by atoms with E-state index in [1.54, 1.807) is 0 Å². The maximum absolute atomic E-state index is 13.2. The maximum Gasteiger partial charge on any atom is 0.161 e. The molecule has 0 saturated heterocycles. The van der Waals surface area contributed by atoms with Gasteiger partial charge in [-0.15, -0.1) is 0 Å². The van der Waals surface area contributed by atoms with E-state index in [0.29, 0.717) is 6.07 Å². The summed E-state index contributed by atoms with van der Waals surface area (Å²) in [4.78, 5) is 0. The Bertz CT molecular complexity index is 388. The van der Waals surface area contributed by atoms with Crippen LogP contribution in [0.3, 0.4) is 0 Å². The van der Waals surface area contributed by atoms with Crippen molar-refractivity contribution in [3.63, 3.8) is 0 Å². The van der Waals surface area contributed by atoms with Gasteiger partial charge < -0.3 is 5.32 Å². The molecule has 1 nitrogen and oxygen atoms in total. The summed E-state index contributed by atoms with van der Waals surface area (Å²) in [5.74, 6) is -1.95. The predicted octanol–water partition coefficient (Wildman–Crippen LogP) is 3.38. The molecular formula is C13H16F3N. The van der Waals surface area contributed by atoms with Gasteiger partial charge in [0.25, 0.3) is 0 Å². The summed E-state index contributed by atoms with van der Waals surface area (Å²) in [6, 6.07) is 1.51. The Morgan fingerprint density at radius 3 is 2.47 bits per heavy atom. The molecule has 0 radical (unpaired) electrons. The molecule has 0 heterocycles. The second-order valence-corrected chi connectivity index (χ2v) is 4.62. The lowest BCUT2D eigenvalue weighted by Crippen LogP contribution is -2.16. The van der Waals surface area contributed by atoms with Gasteiger partial charge in [-0.2, -0.15) is 0 Å². The summed E-state index contributed by atoms with van der Waals surface area (Å²) >= 11 is 0. The summed E-state index contributed by atoms with van der Waals surface area (Å²) in [5, 5.41) is 3.04. The Morgan fingerprint density at radius 2 is 1.76 bits per heavy atom. The third-order valence-electron chi connectivity index (χ3n) is 3.07. The van der Waals surface area contributed by atoms with Crippen LogP contribution in [0.25, 0.3) is 0 Å². The smallest absolute Gasteiger partial charge is 0.161 e. The third kappa shape index (κ3) is 3.73. The minimum atomic E-state index is -1.14. The van der Waals surface area contributed by atoms with Gasteiger partial charge in [0.1, 0.15) is 5.82 Å². The minimum absolute atomic E-state index is 0.176. The highest BCUT2D eigenvalue weighted by Gasteiger charge is 2.19. The van der Waals surface area contributed by atoms with Crippen LogP contribution < -0.4 is 5.32 Å². The highest BCUT2D eigenvalue weighted by Crippen LogP contribution is 2.33. The summed E-state index contributed by atoms with van der Waals surface area (Å²) in [6.07, 6.45) is 4.92. The van der Waals surface area contributed by atoms with Gasteiger partial charge in [0, 0.05) is 18.2 Å². The SMILES string of the molecule is Fc1cc(F)c(CNCCCC2CC2)cc1F. The van der Waals surface area contributed by atoms with Crippen molar-refractivity contribution in [2.24, 2.45) is 5.92 Å². The van der Waals surface area contributed by atoms with Crippen LogP contribution in [0.15, 0.2) is 12.1 Å². The molecule has 1 fully saturated rings. The first-order valence-electron chi connectivity index (χ1n) is 6.01. The maximum atomic E-state index is 13.2. The van der Waals surface area contributed by atoms with Gasteiger partial charge in [-0.3, -0.25) is 0 Å². The number of halogens is 3. The quantitative estimate of drug-likeness (QED) is 0.596. The molecule has 2 rings (SSSR count). The molecule has 94 valence electrons. The monoisotopic (exact) mass is 243 g/mol. The summed E-state index contributed by atoms with van der Waals surface area (Å²) in [6.45, 7) is 1.03. The van der Waals surface area contributed by atoms with Crippen molar-refractivity contribution in [3.05, 3.63) is 35.1 Å². The van der Waals surface area contributed by atoms with E-state index in [1.165, 1.54) is 19.3 Å². The van der Waals surface area contributed by atoms with Gasteiger partial charge in [-0.05, 0) is 31.4 Å². The van der Waals surface area contributed by atoms with Gasteiger partial charge in [0.05, 0.1) is 0 Å². The van der Waals surface area contributed by atoms with Crippen molar-refractivity contribution < 1.29 is 13.2 Å². The van der Waals surface area contributed by atoms with E-state index in [-0.39, 0.29) is 12.1 Å². The van der Waals surface area contributed by atoms with Crippen LogP contribution in [0, 0.1) is 23.4 Å². The Hall–Kier alpha value is -1.03. The lowest BCUT2D eigenvalue weighted by atomic mass is 10.2. The summed E-state index contributed by atoms with van der Waals surface area (Å²) in [7, 11) is 0. The van der Waals surface area contributed by atoms with E-state index < -0.39 is 17.5 Å². The van der Waals surface area contributed by atoms with Crippen molar-refractivity contribution >= 4 is 0 Å². The number of hydrogen-bond acceptors (Lipinski definition) is 1. The van der Waals surface area contributed by atoms with Crippen molar-refractivity contribution in [1.29, 1.82) is 0 Å². The first-order chi connectivity index (χ1) is 8.16. The zero-order chi connectivity index (χ0) is 12.3. The lowest BCUT2D eigenvalue weighted by molar-refractivity contribution is 0.485. The Morgan fingerprint density at radius 1 is 1.06 bits per heavy atom. The van der Waals surface area contributed by atoms with E-state index in [0.717, 1.165) is 24.9 Å². The van der Waals surface area contributed by atoms with E-state index in [9.17, 15) is 13.2 Å². The average Bonchev–Trinajstić information content (AvgIpc) is 3.08. The second kappa shape index (κ2) is 5.54. The fraction of sp³-hybridized carbons (Fsp3) is 0.538. The molecule has 1 N–H and O–H groups in total. The van der Waals surface area contributed by atoms with Crippen molar-refractivity contribution in [2.45, 2.75) is 32.2 Å². The van der Waals surface area contributed by atoms with Crippen LogP contribution in [0.5, 0.6) is 0 Å². The molecule has 1 aliphatic carbocycles. The standard InChI is InChI=1S/C13H16F3N/c14-11-7-13(16)12(15)6-10(11)8-17-5-1-2-9-3-4-9/h6-7,9,17H,1-5,8H2.